The molecular formula is C15H13NO2S. The average Bonchev–Trinajstić information content (AvgIpc) is 2.94. The van der Waals surface area contributed by atoms with Crippen LogP contribution in [0.4, 0.5) is 4.79 Å². The maximum absolute atomic E-state index is 11.4. The second kappa shape index (κ2) is 5.71. The molecule has 0 atom stereocenters. The van der Waals surface area contributed by atoms with Gasteiger partial charge >= 0.3 is 0 Å². The highest BCUT2D eigenvalue weighted by molar-refractivity contribution is 8.18. The van der Waals surface area contributed by atoms with E-state index in [9.17, 15) is 9.59 Å². The number of allylic oxidation sites excluding steroid dienone is 9. The second-order valence-corrected chi connectivity index (χ2v) is 5.04. The summed E-state index contributed by atoms with van der Waals surface area (Å²) in [7, 11) is 0. The maximum atomic E-state index is 11.4. The van der Waals surface area contributed by atoms with Gasteiger partial charge in [-0.05, 0) is 41.0 Å². The average molecular weight is 271 g/mol. The molecule has 1 heterocycles. The van der Waals surface area contributed by atoms with Crippen molar-refractivity contribution < 1.29 is 9.59 Å². The summed E-state index contributed by atoms with van der Waals surface area (Å²) < 4.78 is 0. The topological polar surface area (TPSA) is 46.2 Å². The Morgan fingerprint density at radius 3 is 2.68 bits per heavy atom. The predicted molar refractivity (Wildman–Crippen MR) is 78.5 cm³/mol. The lowest BCUT2D eigenvalue weighted by Crippen LogP contribution is -2.17. The molecule has 0 saturated carbocycles. The van der Waals surface area contributed by atoms with Crippen LogP contribution in [0, 0.1) is 0 Å². The van der Waals surface area contributed by atoms with Crippen LogP contribution < -0.4 is 5.32 Å². The molecule has 0 spiro atoms. The third-order valence-electron chi connectivity index (χ3n) is 2.74. The largest absolute Gasteiger partial charge is 0.290 e. The van der Waals surface area contributed by atoms with Crippen LogP contribution in [0.5, 0.6) is 0 Å². The summed E-state index contributed by atoms with van der Waals surface area (Å²) in [6.45, 7) is 7.43. The van der Waals surface area contributed by atoms with Crippen molar-refractivity contribution in [2.24, 2.45) is 0 Å². The Morgan fingerprint density at radius 2 is 2.11 bits per heavy atom. The molecule has 2 rings (SSSR count). The Morgan fingerprint density at radius 1 is 1.32 bits per heavy atom. The SMILES string of the molecule is C=C/C=C(\C=C)C1=CC=C(/C=C2\SC(=O)NC2=O)C1. The zero-order valence-electron chi connectivity index (χ0n) is 10.3. The van der Waals surface area contributed by atoms with Gasteiger partial charge in [-0.1, -0.05) is 43.5 Å². The van der Waals surface area contributed by atoms with E-state index in [4.69, 9.17) is 0 Å². The van der Waals surface area contributed by atoms with E-state index in [-0.39, 0.29) is 11.1 Å². The van der Waals surface area contributed by atoms with E-state index >= 15 is 0 Å². The second-order valence-electron chi connectivity index (χ2n) is 4.02. The molecule has 2 aliphatic rings. The molecule has 1 aliphatic heterocycles. The van der Waals surface area contributed by atoms with Gasteiger partial charge in [-0.15, -0.1) is 0 Å². The zero-order chi connectivity index (χ0) is 13.8. The molecule has 19 heavy (non-hydrogen) atoms. The number of carbonyl (C=O) groups excluding carboxylic acids is 2. The molecule has 0 radical (unpaired) electrons. The molecular weight excluding hydrogens is 258 g/mol. The summed E-state index contributed by atoms with van der Waals surface area (Å²) in [6, 6.07) is 0. The number of carbonyl (C=O) groups is 2. The maximum Gasteiger partial charge on any atom is 0.290 e. The third-order valence-corrected chi connectivity index (χ3v) is 3.55. The number of thioether (sulfide) groups is 1. The molecule has 0 aromatic heterocycles. The standard InChI is InChI=1S/C15H13NO2S/c1-3-5-11(4-2)12-7-6-10(8-12)9-13-14(17)16-15(18)19-13/h3-7,9H,1-2,8H2,(H,16,17,18)/b11-5+,13-9-. The summed E-state index contributed by atoms with van der Waals surface area (Å²) >= 11 is 0.933. The molecule has 2 amide bonds. The monoisotopic (exact) mass is 271 g/mol. The molecule has 0 aromatic rings. The van der Waals surface area contributed by atoms with Gasteiger partial charge < -0.3 is 0 Å². The van der Waals surface area contributed by atoms with Crippen LogP contribution >= 0.6 is 11.8 Å². The van der Waals surface area contributed by atoms with Gasteiger partial charge in [-0.2, -0.15) is 0 Å². The van der Waals surface area contributed by atoms with Gasteiger partial charge in [-0.3, -0.25) is 14.9 Å². The Balaban J connectivity index is 2.09. The number of amides is 2. The molecule has 1 saturated heterocycles. The first-order valence-corrected chi connectivity index (χ1v) is 6.56. The first-order chi connectivity index (χ1) is 9.13. The summed E-state index contributed by atoms with van der Waals surface area (Å²) in [5.41, 5.74) is 3.13. The fourth-order valence-corrected chi connectivity index (χ4v) is 2.56. The van der Waals surface area contributed by atoms with Crippen LogP contribution in [0.1, 0.15) is 6.42 Å². The van der Waals surface area contributed by atoms with E-state index in [1.165, 1.54) is 0 Å². The number of nitrogens with one attached hydrogen (secondary N) is 1. The van der Waals surface area contributed by atoms with Crippen LogP contribution in [-0.2, 0) is 4.79 Å². The lowest BCUT2D eigenvalue weighted by Gasteiger charge is -2.03. The molecule has 0 unspecified atom stereocenters. The van der Waals surface area contributed by atoms with Crippen LogP contribution in [0.2, 0.25) is 0 Å². The fraction of sp³-hybridized carbons (Fsp3) is 0.0667. The van der Waals surface area contributed by atoms with E-state index in [0.29, 0.717) is 4.91 Å². The molecule has 3 nitrogen and oxygen atoms in total. The number of hydrogen-bond donors (Lipinski definition) is 1. The minimum Gasteiger partial charge on any atom is -0.282 e. The van der Waals surface area contributed by atoms with Crippen molar-refractivity contribution >= 4 is 22.9 Å². The van der Waals surface area contributed by atoms with Gasteiger partial charge in [0.1, 0.15) is 0 Å². The van der Waals surface area contributed by atoms with E-state index in [2.05, 4.69) is 18.5 Å². The normalized spacial score (nSPS) is 21.3. The van der Waals surface area contributed by atoms with Crippen molar-refractivity contribution in [1.82, 2.24) is 5.32 Å². The van der Waals surface area contributed by atoms with E-state index in [1.54, 1.807) is 18.2 Å². The van der Waals surface area contributed by atoms with E-state index < -0.39 is 0 Å². The first kappa shape index (κ1) is 13.4. The highest BCUT2D eigenvalue weighted by atomic mass is 32.2. The molecule has 1 aliphatic carbocycles. The lowest BCUT2D eigenvalue weighted by atomic mass is 10.0. The van der Waals surface area contributed by atoms with Crippen molar-refractivity contribution in [2.45, 2.75) is 6.42 Å². The van der Waals surface area contributed by atoms with Crippen molar-refractivity contribution in [3.8, 4) is 0 Å². The van der Waals surface area contributed by atoms with E-state index in [0.717, 1.165) is 34.9 Å². The van der Waals surface area contributed by atoms with Crippen molar-refractivity contribution in [2.75, 3.05) is 0 Å². The number of imide groups is 1. The Labute approximate surface area is 116 Å². The van der Waals surface area contributed by atoms with Crippen molar-refractivity contribution in [3.05, 3.63) is 71.2 Å². The van der Waals surface area contributed by atoms with Crippen LogP contribution in [0.25, 0.3) is 0 Å². The number of rotatable bonds is 4. The molecule has 4 heteroatoms. The van der Waals surface area contributed by atoms with Gasteiger partial charge in [0.15, 0.2) is 0 Å². The minimum absolute atomic E-state index is 0.318. The van der Waals surface area contributed by atoms with Gasteiger partial charge in [0.25, 0.3) is 11.1 Å². The zero-order valence-corrected chi connectivity index (χ0v) is 11.1. The number of hydrogen-bond acceptors (Lipinski definition) is 3. The summed E-state index contributed by atoms with van der Waals surface area (Å²) in [5.74, 6) is -0.324. The third kappa shape index (κ3) is 3.03. The van der Waals surface area contributed by atoms with Crippen LogP contribution in [0.15, 0.2) is 71.2 Å². The van der Waals surface area contributed by atoms with Gasteiger partial charge in [0, 0.05) is 0 Å². The molecule has 0 aromatic carbocycles. The highest BCUT2D eigenvalue weighted by Gasteiger charge is 2.25. The van der Waals surface area contributed by atoms with Crippen LogP contribution in [-0.4, -0.2) is 11.1 Å². The van der Waals surface area contributed by atoms with Gasteiger partial charge in [-0.25, -0.2) is 0 Å². The molecule has 1 N–H and O–H groups in total. The first-order valence-electron chi connectivity index (χ1n) is 5.74. The van der Waals surface area contributed by atoms with Crippen molar-refractivity contribution in [3.63, 3.8) is 0 Å². The lowest BCUT2D eigenvalue weighted by molar-refractivity contribution is -0.115. The van der Waals surface area contributed by atoms with E-state index in [1.807, 2.05) is 18.2 Å². The smallest absolute Gasteiger partial charge is 0.282 e. The minimum atomic E-state index is -0.324. The van der Waals surface area contributed by atoms with Crippen molar-refractivity contribution in [1.29, 1.82) is 0 Å². The van der Waals surface area contributed by atoms with Gasteiger partial charge in [0.05, 0.1) is 4.91 Å². The fourth-order valence-electron chi connectivity index (χ4n) is 1.87. The Kier molecular flexibility index (Phi) is 4.02. The quantitative estimate of drug-likeness (QED) is 0.629. The Hall–Kier alpha value is -2.07. The molecule has 1 fully saturated rings. The highest BCUT2D eigenvalue weighted by Crippen LogP contribution is 2.31. The summed E-state index contributed by atoms with van der Waals surface area (Å²) in [5, 5.41) is 1.92. The summed E-state index contributed by atoms with van der Waals surface area (Å²) in [4.78, 5) is 22.9. The molecule has 0 bridgehead atoms. The van der Waals surface area contributed by atoms with Crippen LogP contribution in [0.3, 0.4) is 0 Å². The predicted octanol–water partition coefficient (Wildman–Crippen LogP) is 3.41. The van der Waals surface area contributed by atoms with Gasteiger partial charge in [0.2, 0.25) is 0 Å². The Bertz CT molecular complexity index is 591. The summed E-state index contributed by atoms with van der Waals surface area (Å²) in [6.07, 6.45) is 11.8. The molecule has 96 valence electrons.